The fourth-order valence-corrected chi connectivity index (χ4v) is 2.38. The van der Waals surface area contributed by atoms with E-state index in [9.17, 15) is 8.42 Å². The summed E-state index contributed by atoms with van der Waals surface area (Å²) in [5, 5.41) is 6.57. The van der Waals surface area contributed by atoms with Crippen molar-refractivity contribution in [3.8, 4) is 0 Å². The van der Waals surface area contributed by atoms with Crippen molar-refractivity contribution in [2.24, 2.45) is 4.99 Å². The average molecular weight is 461 g/mol. The molecule has 1 rings (SSSR count). The Morgan fingerprint density at radius 3 is 2.55 bits per heavy atom. The second kappa shape index (κ2) is 11.0. The number of nitrogens with zero attached hydrogens (tertiary/aromatic N) is 2. The fourth-order valence-electron chi connectivity index (χ4n) is 1.57. The molecule has 1 aromatic heterocycles. The van der Waals surface area contributed by atoms with E-state index in [1.54, 1.807) is 26.2 Å². The minimum Gasteiger partial charge on any atom is -0.356 e. The number of guanidine groups is 1. The minimum absolute atomic E-state index is 0. The number of hydrogen-bond acceptors (Lipinski definition) is 4. The number of hydrogen-bond donors (Lipinski definition) is 2. The van der Waals surface area contributed by atoms with Gasteiger partial charge in [-0.05, 0) is 18.1 Å². The molecule has 0 unspecified atom stereocenters. The van der Waals surface area contributed by atoms with Crippen LogP contribution >= 0.6 is 35.6 Å². The van der Waals surface area contributed by atoms with Gasteiger partial charge in [0.15, 0.2) is 15.8 Å². The summed E-state index contributed by atoms with van der Waals surface area (Å²) in [4.78, 5) is 8.05. The van der Waals surface area contributed by atoms with Gasteiger partial charge in [-0.2, -0.15) is 0 Å². The van der Waals surface area contributed by atoms with E-state index < -0.39 is 9.84 Å². The van der Waals surface area contributed by atoms with E-state index in [-0.39, 0.29) is 35.5 Å². The lowest BCUT2D eigenvalue weighted by atomic mass is 10.2. The lowest BCUT2D eigenvalue weighted by Crippen LogP contribution is -2.40. The van der Waals surface area contributed by atoms with Gasteiger partial charge in [0.1, 0.15) is 5.15 Å². The number of rotatable bonds is 7. The van der Waals surface area contributed by atoms with Crippen LogP contribution in [0.15, 0.2) is 23.3 Å². The van der Waals surface area contributed by atoms with Crippen LogP contribution in [-0.2, 0) is 16.3 Å². The molecule has 2 N–H and O–H groups in total. The molecule has 0 spiro atoms. The molecule has 0 aliphatic carbocycles. The summed E-state index contributed by atoms with van der Waals surface area (Å²) in [5.41, 5.74) is 1.07. The van der Waals surface area contributed by atoms with Gasteiger partial charge in [0.2, 0.25) is 0 Å². The normalized spacial score (nSPS) is 11.7. The zero-order chi connectivity index (χ0) is 15.7. The molecule has 0 aliphatic heterocycles. The van der Waals surface area contributed by atoms with E-state index in [4.69, 9.17) is 11.6 Å². The standard InChI is InChI=1S/C13H21ClN4O2S.HI/c1-3-21(19,20)9-8-17-13(15-2)16-7-6-11-4-5-12(14)18-10-11;/h4-5,10H,3,6-9H2,1-2H3,(H2,15,16,17);1H. The van der Waals surface area contributed by atoms with Gasteiger partial charge in [0, 0.05) is 32.1 Å². The molecule has 0 aromatic carbocycles. The first-order valence-electron chi connectivity index (χ1n) is 6.72. The van der Waals surface area contributed by atoms with Crippen LogP contribution < -0.4 is 10.6 Å². The molecule has 0 atom stereocenters. The smallest absolute Gasteiger partial charge is 0.191 e. The van der Waals surface area contributed by atoms with Crippen LogP contribution in [0.2, 0.25) is 5.15 Å². The van der Waals surface area contributed by atoms with Gasteiger partial charge in [0.25, 0.3) is 0 Å². The first kappa shape index (κ1) is 21.4. The Bertz CT molecular complexity index is 564. The van der Waals surface area contributed by atoms with Crippen LogP contribution in [0.25, 0.3) is 0 Å². The first-order valence-corrected chi connectivity index (χ1v) is 8.92. The summed E-state index contributed by atoms with van der Waals surface area (Å²) < 4.78 is 22.8. The predicted molar refractivity (Wildman–Crippen MR) is 102 cm³/mol. The van der Waals surface area contributed by atoms with Crippen LogP contribution in [-0.4, -0.2) is 51.0 Å². The van der Waals surface area contributed by atoms with Gasteiger partial charge < -0.3 is 10.6 Å². The van der Waals surface area contributed by atoms with Crippen LogP contribution in [0, 0.1) is 0 Å². The van der Waals surface area contributed by atoms with Crippen molar-refractivity contribution in [1.82, 2.24) is 15.6 Å². The molecule has 9 heteroatoms. The van der Waals surface area contributed by atoms with Gasteiger partial charge in [-0.25, -0.2) is 13.4 Å². The van der Waals surface area contributed by atoms with Crippen molar-refractivity contribution in [2.45, 2.75) is 13.3 Å². The summed E-state index contributed by atoms with van der Waals surface area (Å²) in [7, 11) is -1.31. The number of nitrogens with one attached hydrogen (secondary N) is 2. The molecule has 22 heavy (non-hydrogen) atoms. The number of halogens is 2. The van der Waals surface area contributed by atoms with Crippen LogP contribution in [0.1, 0.15) is 12.5 Å². The zero-order valence-electron chi connectivity index (χ0n) is 12.7. The lowest BCUT2D eigenvalue weighted by Gasteiger charge is -2.11. The van der Waals surface area contributed by atoms with Gasteiger partial charge >= 0.3 is 0 Å². The highest BCUT2D eigenvalue weighted by Crippen LogP contribution is 2.05. The minimum atomic E-state index is -2.96. The van der Waals surface area contributed by atoms with E-state index in [0.717, 1.165) is 12.0 Å². The van der Waals surface area contributed by atoms with Crippen molar-refractivity contribution in [2.75, 3.05) is 31.6 Å². The fraction of sp³-hybridized carbons (Fsp3) is 0.538. The van der Waals surface area contributed by atoms with Crippen molar-refractivity contribution < 1.29 is 8.42 Å². The van der Waals surface area contributed by atoms with Crippen molar-refractivity contribution in [3.05, 3.63) is 29.0 Å². The molecule has 6 nitrogen and oxygen atoms in total. The largest absolute Gasteiger partial charge is 0.356 e. The topological polar surface area (TPSA) is 83.5 Å². The van der Waals surface area contributed by atoms with E-state index in [2.05, 4.69) is 20.6 Å². The van der Waals surface area contributed by atoms with E-state index >= 15 is 0 Å². The summed E-state index contributed by atoms with van der Waals surface area (Å²) >= 11 is 5.72. The average Bonchev–Trinajstić information content (AvgIpc) is 2.47. The van der Waals surface area contributed by atoms with Crippen molar-refractivity contribution in [1.29, 1.82) is 0 Å². The molecule has 126 valence electrons. The third kappa shape index (κ3) is 8.74. The molecule has 1 heterocycles. The Hall–Kier alpha value is -0.610. The lowest BCUT2D eigenvalue weighted by molar-refractivity contribution is 0.595. The van der Waals surface area contributed by atoms with E-state index in [1.165, 1.54) is 0 Å². The molecule has 1 aromatic rings. The highest BCUT2D eigenvalue weighted by Gasteiger charge is 2.07. The van der Waals surface area contributed by atoms with Crippen LogP contribution in [0.4, 0.5) is 0 Å². The molecule has 0 radical (unpaired) electrons. The third-order valence-corrected chi connectivity index (χ3v) is 4.79. The molecule has 0 saturated heterocycles. The maximum atomic E-state index is 11.4. The summed E-state index contributed by atoms with van der Waals surface area (Å²) in [6.07, 6.45) is 2.51. The number of aliphatic imine (C=N–C) groups is 1. The Morgan fingerprint density at radius 1 is 1.32 bits per heavy atom. The third-order valence-electron chi connectivity index (χ3n) is 2.86. The molecule has 0 bridgehead atoms. The number of sulfone groups is 1. The molecule has 0 saturated carbocycles. The predicted octanol–water partition coefficient (Wildman–Crippen LogP) is 1.50. The second-order valence-corrected chi connectivity index (χ2v) is 7.26. The molecule has 0 fully saturated rings. The number of aromatic nitrogens is 1. The quantitative estimate of drug-likeness (QED) is 0.279. The van der Waals surface area contributed by atoms with E-state index in [0.29, 0.717) is 24.2 Å². The Balaban J connectivity index is 0.00000441. The first-order chi connectivity index (χ1) is 9.96. The van der Waals surface area contributed by atoms with Gasteiger partial charge in [-0.1, -0.05) is 24.6 Å². The number of pyridine rings is 1. The second-order valence-electron chi connectivity index (χ2n) is 4.40. The molecule has 0 amide bonds. The summed E-state index contributed by atoms with van der Waals surface area (Å²) in [5.74, 6) is 0.846. The van der Waals surface area contributed by atoms with Gasteiger partial charge in [-0.15, -0.1) is 24.0 Å². The van der Waals surface area contributed by atoms with Gasteiger partial charge in [0.05, 0.1) is 5.75 Å². The Labute approximate surface area is 154 Å². The highest BCUT2D eigenvalue weighted by molar-refractivity contribution is 14.0. The zero-order valence-corrected chi connectivity index (χ0v) is 16.6. The Morgan fingerprint density at radius 2 is 2.00 bits per heavy atom. The highest BCUT2D eigenvalue weighted by atomic mass is 127. The van der Waals surface area contributed by atoms with Crippen molar-refractivity contribution in [3.63, 3.8) is 0 Å². The van der Waals surface area contributed by atoms with Crippen LogP contribution in [0.3, 0.4) is 0 Å². The monoisotopic (exact) mass is 460 g/mol. The SMILES string of the molecule is CCS(=O)(=O)CCNC(=NC)NCCc1ccc(Cl)nc1.I. The summed E-state index contributed by atoms with van der Waals surface area (Å²) in [6.45, 7) is 2.66. The van der Waals surface area contributed by atoms with E-state index in [1.807, 2.05) is 6.07 Å². The maximum absolute atomic E-state index is 11.4. The van der Waals surface area contributed by atoms with Crippen LogP contribution in [0.5, 0.6) is 0 Å². The molecular weight excluding hydrogens is 439 g/mol. The molecule has 0 aliphatic rings. The Kier molecular flexibility index (Phi) is 10.7. The summed E-state index contributed by atoms with van der Waals surface area (Å²) in [6, 6.07) is 3.67. The van der Waals surface area contributed by atoms with Gasteiger partial charge in [-0.3, -0.25) is 4.99 Å². The maximum Gasteiger partial charge on any atom is 0.191 e. The van der Waals surface area contributed by atoms with Crippen molar-refractivity contribution >= 4 is 51.4 Å². The molecular formula is C13H22ClIN4O2S.